The van der Waals surface area contributed by atoms with Crippen LogP contribution in [0, 0.1) is 18.6 Å². The minimum Gasteiger partial charge on any atom is -0.447 e. The average molecular weight is 213 g/mol. The molecule has 1 fully saturated rings. The Balaban J connectivity index is 2.43. The van der Waals surface area contributed by atoms with E-state index < -0.39 is 23.8 Å². The van der Waals surface area contributed by atoms with Gasteiger partial charge in [0.15, 0.2) is 0 Å². The minimum absolute atomic E-state index is 0.0455. The highest BCUT2D eigenvalue weighted by Crippen LogP contribution is 2.25. The van der Waals surface area contributed by atoms with Crippen LogP contribution in [-0.2, 0) is 4.74 Å². The number of ether oxygens (including phenoxy) is 1. The normalized spacial score (nSPS) is 19.9. The van der Waals surface area contributed by atoms with Crippen LogP contribution in [0.5, 0.6) is 0 Å². The lowest BCUT2D eigenvalue weighted by atomic mass is 10.0. The molecule has 1 N–H and O–H groups in total. The van der Waals surface area contributed by atoms with E-state index in [1.54, 1.807) is 0 Å². The second kappa shape index (κ2) is 3.49. The monoisotopic (exact) mass is 213 g/mol. The summed E-state index contributed by atoms with van der Waals surface area (Å²) in [7, 11) is 0. The summed E-state index contributed by atoms with van der Waals surface area (Å²) in [5.74, 6) is -1.31. The smallest absolute Gasteiger partial charge is 0.407 e. The molecule has 1 saturated heterocycles. The maximum absolute atomic E-state index is 13.6. The number of benzene rings is 1. The first kappa shape index (κ1) is 9.89. The molecule has 80 valence electrons. The quantitative estimate of drug-likeness (QED) is 0.775. The van der Waals surface area contributed by atoms with E-state index in [4.69, 9.17) is 0 Å². The molecule has 1 atom stereocenters. The number of rotatable bonds is 1. The van der Waals surface area contributed by atoms with Crippen molar-refractivity contribution in [2.75, 3.05) is 6.61 Å². The molecule has 3 nitrogen and oxygen atoms in total. The van der Waals surface area contributed by atoms with E-state index in [0.29, 0.717) is 5.56 Å². The molecule has 1 aromatic carbocycles. The fraction of sp³-hybridized carbons (Fsp3) is 0.300. The lowest BCUT2D eigenvalue weighted by molar-refractivity contribution is 0.176. The number of halogens is 2. The fourth-order valence-corrected chi connectivity index (χ4v) is 1.54. The van der Waals surface area contributed by atoms with E-state index in [1.807, 2.05) is 0 Å². The van der Waals surface area contributed by atoms with Crippen molar-refractivity contribution in [1.29, 1.82) is 0 Å². The van der Waals surface area contributed by atoms with Gasteiger partial charge < -0.3 is 10.1 Å². The summed E-state index contributed by atoms with van der Waals surface area (Å²) in [6.45, 7) is 1.49. The van der Waals surface area contributed by atoms with Gasteiger partial charge in [0.05, 0.1) is 6.04 Å². The summed E-state index contributed by atoms with van der Waals surface area (Å²) >= 11 is 0. The van der Waals surface area contributed by atoms with Gasteiger partial charge in [0.1, 0.15) is 18.2 Å². The van der Waals surface area contributed by atoms with Gasteiger partial charge in [-0.15, -0.1) is 0 Å². The summed E-state index contributed by atoms with van der Waals surface area (Å²) in [6.07, 6.45) is -0.652. The number of nitrogens with one attached hydrogen (secondary N) is 1. The molecule has 0 spiro atoms. The minimum atomic E-state index is -0.739. The standard InChI is InChI=1S/C10H9F2NO2/c1-5-2-3-6(11)8(9(5)12)7-4-15-10(14)13-7/h2-3,7H,4H2,1H3,(H,13,14). The molecule has 15 heavy (non-hydrogen) atoms. The van der Waals surface area contributed by atoms with Crippen molar-refractivity contribution < 1.29 is 18.3 Å². The molecule has 0 aromatic heterocycles. The number of aryl methyl sites for hydroxylation is 1. The Morgan fingerprint density at radius 3 is 2.80 bits per heavy atom. The molecule has 1 aromatic rings. The van der Waals surface area contributed by atoms with E-state index in [2.05, 4.69) is 10.1 Å². The summed E-state index contributed by atoms with van der Waals surface area (Å²) in [5.41, 5.74) is 0.202. The third kappa shape index (κ3) is 1.65. The molecule has 1 unspecified atom stereocenters. The van der Waals surface area contributed by atoms with Crippen molar-refractivity contribution in [2.45, 2.75) is 13.0 Å². The van der Waals surface area contributed by atoms with Gasteiger partial charge in [-0.05, 0) is 18.6 Å². The zero-order chi connectivity index (χ0) is 11.0. The van der Waals surface area contributed by atoms with E-state index in [-0.39, 0.29) is 12.2 Å². The third-order valence-electron chi connectivity index (χ3n) is 2.34. The van der Waals surface area contributed by atoms with Crippen molar-refractivity contribution in [3.05, 3.63) is 34.9 Å². The number of cyclic esters (lactones) is 1. The molecular formula is C10H9F2NO2. The molecule has 0 bridgehead atoms. The summed E-state index contributed by atoms with van der Waals surface area (Å²) in [6, 6.07) is 1.79. The molecule has 0 aliphatic carbocycles. The Bertz CT molecular complexity index is 420. The van der Waals surface area contributed by atoms with Gasteiger partial charge in [-0.1, -0.05) is 6.07 Å². The van der Waals surface area contributed by atoms with Crippen LogP contribution in [0.3, 0.4) is 0 Å². The topological polar surface area (TPSA) is 38.3 Å². The van der Waals surface area contributed by atoms with Crippen molar-refractivity contribution in [3.63, 3.8) is 0 Å². The summed E-state index contributed by atoms with van der Waals surface area (Å²) in [5, 5.41) is 2.34. The summed E-state index contributed by atoms with van der Waals surface area (Å²) in [4.78, 5) is 10.8. The first-order valence-electron chi connectivity index (χ1n) is 4.47. The molecular weight excluding hydrogens is 204 g/mol. The fourth-order valence-electron chi connectivity index (χ4n) is 1.54. The first-order chi connectivity index (χ1) is 7.09. The molecule has 0 radical (unpaired) electrons. The highest BCUT2D eigenvalue weighted by Gasteiger charge is 2.29. The molecule has 1 heterocycles. The lowest BCUT2D eigenvalue weighted by Crippen LogP contribution is -2.21. The lowest BCUT2D eigenvalue weighted by Gasteiger charge is -2.11. The van der Waals surface area contributed by atoms with Crippen LogP contribution in [0.25, 0.3) is 0 Å². The molecule has 1 amide bonds. The molecule has 2 rings (SSSR count). The number of carbonyl (C=O) groups is 1. The highest BCUT2D eigenvalue weighted by atomic mass is 19.1. The predicted molar refractivity (Wildman–Crippen MR) is 48.3 cm³/mol. The Hall–Kier alpha value is -1.65. The third-order valence-corrected chi connectivity index (χ3v) is 2.34. The Kier molecular flexibility index (Phi) is 2.30. The Labute approximate surface area is 85.0 Å². The number of hydrogen-bond donors (Lipinski definition) is 1. The molecule has 1 aliphatic rings. The van der Waals surface area contributed by atoms with Gasteiger partial charge in [-0.2, -0.15) is 0 Å². The van der Waals surface area contributed by atoms with Gasteiger partial charge in [-0.3, -0.25) is 0 Å². The van der Waals surface area contributed by atoms with Gasteiger partial charge in [0.2, 0.25) is 0 Å². The van der Waals surface area contributed by atoms with Gasteiger partial charge in [0.25, 0.3) is 0 Å². The van der Waals surface area contributed by atoms with Crippen LogP contribution >= 0.6 is 0 Å². The van der Waals surface area contributed by atoms with Crippen LogP contribution in [0.2, 0.25) is 0 Å². The van der Waals surface area contributed by atoms with Crippen molar-refractivity contribution >= 4 is 6.09 Å². The predicted octanol–water partition coefficient (Wildman–Crippen LogP) is 2.05. The van der Waals surface area contributed by atoms with Crippen LogP contribution < -0.4 is 5.32 Å². The maximum Gasteiger partial charge on any atom is 0.407 e. The van der Waals surface area contributed by atoms with Gasteiger partial charge in [-0.25, -0.2) is 13.6 Å². The van der Waals surface area contributed by atoms with Crippen LogP contribution in [0.4, 0.5) is 13.6 Å². The second-order valence-electron chi connectivity index (χ2n) is 3.39. The summed E-state index contributed by atoms with van der Waals surface area (Å²) < 4.78 is 31.5. The molecule has 1 aliphatic heterocycles. The SMILES string of the molecule is Cc1ccc(F)c(C2COC(=O)N2)c1F. The van der Waals surface area contributed by atoms with E-state index in [1.165, 1.54) is 19.1 Å². The molecule has 5 heteroatoms. The number of alkyl carbamates (subject to hydrolysis) is 1. The first-order valence-corrected chi connectivity index (χ1v) is 4.47. The molecule has 0 saturated carbocycles. The van der Waals surface area contributed by atoms with Crippen molar-refractivity contribution in [2.24, 2.45) is 0 Å². The van der Waals surface area contributed by atoms with E-state index in [0.717, 1.165) is 0 Å². The number of hydrogen-bond acceptors (Lipinski definition) is 2. The number of amides is 1. The van der Waals surface area contributed by atoms with Gasteiger partial charge >= 0.3 is 6.09 Å². The zero-order valence-electron chi connectivity index (χ0n) is 8.01. The largest absolute Gasteiger partial charge is 0.447 e. The maximum atomic E-state index is 13.6. The van der Waals surface area contributed by atoms with Crippen LogP contribution in [-0.4, -0.2) is 12.7 Å². The zero-order valence-corrected chi connectivity index (χ0v) is 8.01. The van der Waals surface area contributed by atoms with E-state index >= 15 is 0 Å². The van der Waals surface area contributed by atoms with Crippen LogP contribution in [0.1, 0.15) is 17.2 Å². The Morgan fingerprint density at radius 2 is 2.20 bits per heavy atom. The van der Waals surface area contributed by atoms with E-state index in [9.17, 15) is 13.6 Å². The van der Waals surface area contributed by atoms with Crippen LogP contribution in [0.15, 0.2) is 12.1 Å². The average Bonchev–Trinajstić information content (AvgIpc) is 2.59. The highest BCUT2D eigenvalue weighted by molar-refractivity contribution is 5.70. The van der Waals surface area contributed by atoms with Gasteiger partial charge in [0, 0.05) is 5.56 Å². The second-order valence-corrected chi connectivity index (χ2v) is 3.39. The van der Waals surface area contributed by atoms with Crippen molar-refractivity contribution in [1.82, 2.24) is 5.32 Å². The Morgan fingerprint density at radius 1 is 1.47 bits per heavy atom. The number of carbonyl (C=O) groups excluding carboxylic acids is 1. The van der Waals surface area contributed by atoms with Crippen molar-refractivity contribution in [3.8, 4) is 0 Å².